The summed E-state index contributed by atoms with van der Waals surface area (Å²) < 4.78 is 5.47. The molecule has 0 heterocycles. The maximum atomic E-state index is 5.85. The topological polar surface area (TPSA) is 61.3 Å². The summed E-state index contributed by atoms with van der Waals surface area (Å²) in [6, 6.07) is 13.4. The van der Waals surface area contributed by atoms with E-state index < -0.39 is 0 Å². The van der Waals surface area contributed by atoms with Gasteiger partial charge in [0.1, 0.15) is 5.75 Å². The molecule has 0 saturated heterocycles. The Morgan fingerprint density at radius 3 is 2.24 bits per heavy atom. The van der Waals surface area contributed by atoms with Gasteiger partial charge < -0.3 is 16.2 Å². The third-order valence-corrected chi connectivity index (χ3v) is 2.48. The average Bonchev–Trinajstić information content (AvgIpc) is 2.29. The van der Waals surface area contributed by atoms with Gasteiger partial charge in [-0.2, -0.15) is 0 Å². The molecule has 2 aromatic rings. The lowest BCUT2D eigenvalue weighted by atomic mass is 10.0. The first-order valence-electron chi connectivity index (χ1n) is 5.58. The molecule has 88 valence electrons. The minimum atomic E-state index is 0.630. The van der Waals surface area contributed by atoms with Crippen molar-refractivity contribution in [3.05, 3.63) is 42.5 Å². The van der Waals surface area contributed by atoms with Crippen molar-refractivity contribution >= 4 is 11.4 Å². The van der Waals surface area contributed by atoms with E-state index >= 15 is 0 Å². The van der Waals surface area contributed by atoms with E-state index in [9.17, 15) is 0 Å². The normalized spacial score (nSPS) is 10.2. The number of rotatable bonds is 3. The van der Waals surface area contributed by atoms with E-state index in [0.717, 1.165) is 22.6 Å². The number of nitrogen functional groups attached to an aromatic ring is 2. The molecule has 3 nitrogen and oxygen atoms in total. The largest absolute Gasteiger partial charge is 0.494 e. The van der Waals surface area contributed by atoms with Crippen molar-refractivity contribution in [2.24, 2.45) is 0 Å². The van der Waals surface area contributed by atoms with E-state index in [0.29, 0.717) is 12.3 Å². The molecule has 3 heteroatoms. The average molecular weight is 228 g/mol. The zero-order chi connectivity index (χ0) is 12.3. The standard InChI is InChI=1S/C14H16N2O/c1-2-17-14-8-11(7-13(16)9-14)10-3-5-12(15)6-4-10/h3-9H,2,15-16H2,1H3. The third-order valence-electron chi connectivity index (χ3n) is 2.48. The fourth-order valence-corrected chi connectivity index (χ4v) is 1.71. The van der Waals surface area contributed by atoms with Crippen molar-refractivity contribution in [2.45, 2.75) is 6.92 Å². The molecule has 0 amide bonds. The summed E-state index contributed by atoms with van der Waals surface area (Å²) in [7, 11) is 0. The fraction of sp³-hybridized carbons (Fsp3) is 0.143. The Morgan fingerprint density at radius 1 is 0.882 bits per heavy atom. The molecule has 0 aliphatic carbocycles. The Morgan fingerprint density at radius 2 is 1.59 bits per heavy atom. The van der Waals surface area contributed by atoms with Crippen molar-refractivity contribution in [3.8, 4) is 16.9 Å². The van der Waals surface area contributed by atoms with Gasteiger partial charge in [-0.3, -0.25) is 0 Å². The van der Waals surface area contributed by atoms with Gasteiger partial charge in [0.15, 0.2) is 0 Å². The van der Waals surface area contributed by atoms with Crippen LogP contribution in [0.15, 0.2) is 42.5 Å². The van der Waals surface area contributed by atoms with Gasteiger partial charge in [0.2, 0.25) is 0 Å². The summed E-state index contributed by atoms with van der Waals surface area (Å²) in [5.41, 5.74) is 15.1. The zero-order valence-corrected chi connectivity index (χ0v) is 9.81. The summed E-state index contributed by atoms with van der Waals surface area (Å²) in [5.74, 6) is 0.791. The van der Waals surface area contributed by atoms with Crippen LogP contribution in [0, 0.1) is 0 Å². The molecule has 0 saturated carbocycles. The van der Waals surface area contributed by atoms with Crippen LogP contribution in [0.5, 0.6) is 5.75 Å². The lowest BCUT2D eigenvalue weighted by Gasteiger charge is -2.08. The molecule has 0 aliphatic heterocycles. The maximum Gasteiger partial charge on any atom is 0.121 e. The Labute approximate surface area is 101 Å². The molecule has 0 spiro atoms. The van der Waals surface area contributed by atoms with Gasteiger partial charge in [-0.05, 0) is 42.3 Å². The Kier molecular flexibility index (Phi) is 3.19. The molecule has 2 rings (SSSR count). The van der Waals surface area contributed by atoms with Crippen molar-refractivity contribution in [1.82, 2.24) is 0 Å². The highest BCUT2D eigenvalue weighted by Crippen LogP contribution is 2.27. The molecule has 0 radical (unpaired) electrons. The summed E-state index contributed by atoms with van der Waals surface area (Å²) in [6.45, 7) is 2.58. The van der Waals surface area contributed by atoms with E-state index in [2.05, 4.69) is 0 Å². The molecule has 2 aromatic carbocycles. The molecular weight excluding hydrogens is 212 g/mol. The molecule has 0 atom stereocenters. The van der Waals surface area contributed by atoms with E-state index in [-0.39, 0.29) is 0 Å². The lowest BCUT2D eigenvalue weighted by molar-refractivity contribution is 0.340. The maximum absolute atomic E-state index is 5.85. The summed E-state index contributed by atoms with van der Waals surface area (Å²) in [5, 5.41) is 0. The molecule has 0 bridgehead atoms. The number of anilines is 2. The molecule has 0 unspecified atom stereocenters. The van der Waals surface area contributed by atoms with Crippen molar-refractivity contribution in [2.75, 3.05) is 18.1 Å². The second kappa shape index (κ2) is 4.78. The molecular formula is C14H16N2O. The van der Waals surface area contributed by atoms with Crippen LogP contribution in [0.25, 0.3) is 11.1 Å². The third kappa shape index (κ3) is 2.69. The first kappa shape index (κ1) is 11.3. The van der Waals surface area contributed by atoms with Crippen LogP contribution in [0.3, 0.4) is 0 Å². The highest BCUT2D eigenvalue weighted by Gasteiger charge is 2.02. The van der Waals surface area contributed by atoms with E-state index in [4.69, 9.17) is 16.2 Å². The Bertz CT molecular complexity index is 506. The van der Waals surface area contributed by atoms with E-state index in [1.165, 1.54) is 0 Å². The van der Waals surface area contributed by atoms with Crippen LogP contribution in [-0.2, 0) is 0 Å². The minimum absolute atomic E-state index is 0.630. The van der Waals surface area contributed by atoms with Crippen molar-refractivity contribution in [3.63, 3.8) is 0 Å². The second-order valence-electron chi connectivity index (χ2n) is 3.85. The highest BCUT2D eigenvalue weighted by atomic mass is 16.5. The van der Waals surface area contributed by atoms with Crippen LogP contribution in [0.4, 0.5) is 11.4 Å². The predicted molar refractivity (Wildman–Crippen MR) is 71.9 cm³/mol. The first-order valence-corrected chi connectivity index (χ1v) is 5.58. The van der Waals surface area contributed by atoms with Gasteiger partial charge in [-0.15, -0.1) is 0 Å². The van der Waals surface area contributed by atoms with Crippen LogP contribution < -0.4 is 16.2 Å². The Balaban J connectivity index is 2.40. The summed E-state index contributed by atoms with van der Waals surface area (Å²) in [6.07, 6.45) is 0. The van der Waals surface area contributed by atoms with Gasteiger partial charge in [0, 0.05) is 17.4 Å². The molecule has 4 N–H and O–H groups in total. The SMILES string of the molecule is CCOc1cc(N)cc(-c2ccc(N)cc2)c1. The summed E-state index contributed by atoms with van der Waals surface area (Å²) >= 11 is 0. The van der Waals surface area contributed by atoms with Gasteiger partial charge in [-0.1, -0.05) is 12.1 Å². The number of nitrogens with two attached hydrogens (primary N) is 2. The number of ether oxygens (including phenoxy) is 1. The molecule has 17 heavy (non-hydrogen) atoms. The lowest BCUT2D eigenvalue weighted by Crippen LogP contribution is -1.94. The van der Waals surface area contributed by atoms with Gasteiger partial charge >= 0.3 is 0 Å². The smallest absolute Gasteiger partial charge is 0.121 e. The second-order valence-corrected chi connectivity index (χ2v) is 3.85. The highest BCUT2D eigenvalue weighted by molar-refractivity contribution is 5.70. The van der Waals surface area contributed by atoms with Crippen molar-refractivity contribution in [1.29, 1.82) is 0 Å². The number of hydrogen-bond donors (Lipinski definition) is 2. The minimum Gasteiger partial charge on any atom is -0.494 e. The quantitative estimate of drug-likeness (QED) is 0.794. The molecule has 0 fully saturated rings. The van der Waals surface area contributed by atoms with Crippen molar-refractivity contribution < 1.29 is 4.74 Å². The fourth-order valence-electron chi connectivity index (χ4n) is 1.71. The van der Waals surface area contributed by atoms with Crippen LogP contribution in [0.2, 0.25) is 0 Å². The number of hydrogen-bond acceptors (Lipinski definition) is 3. The van der Waals surface area contributed by atoms with Crippen LogP contribution in [-0.4, -0.2) is 6.61 Å². The molecule has 0 aromatic heterocycles. The summed E-state index contributed by atoms with van der Waals surface area (Å²) in [4.78, 5) is 0. The predicted octanol–water partition coefficient (Wildman–Crippen LogP) is 2.92. The zero-order valence-electron chi connectivity index (χ0n) is 9.81. The van der Waals surface area contributed by atoms with E-state index in [1.807, 2.05) is 49.4 Å². The monoisotopic (exact) mass is 228 g/mol. The van der Waals surface area contributed by atoms with Crippen LogP contribution >= 0.6 is 0 Å². The van der Waals surface area contributed by atoms with Gasteiger partial charge in [0.25, 0.3) is 0 Å². The first-order chi connectivity index (χ1) is 8.19. The van der Waals surface area contributed by atoms with Gasteiger partial charge in [0.05, 0.1) is 6.61 Å². The van der Waals surface area contributed by atoms with Gasteiger partial charge in [-0.25, -0.2) is 0 Å². The Hall–Kier alpha value is -2.16. The molecule has 0 aliphatic rings. The van der Waals surface area contributed by atoms with Crippen LogP contribution in [0.1, 0.15) is 6.92 Å². The number of benzene rings is 2. The van der Waals surface area contributed by atoms with E-state index in [1.54, 1.807) is 0 Å².